The Labute approximate surface area is 154 Å². The van der Waals surface area contributed by atoms with E-state index in [1.807, 2.05) is 4.98 Å². The van der Waals surface area contributed by atoms with Gasteiger partial charge in [0.25, 0.3) is 5.56 Å². The van der Waals surface area contributed by atoms with Crippen molar-refractivity contribution >= 4 is 11.6 Å². The van der Waals surface area contributed by atoms with Crippen LogP contribution in [0.25, 0.3) is 5.95 Å². The highest BCUT2D eigenvalue weighted by atomic mass is 35.5. The molecule has 0 saturated carbocycles. The first-order valence-electron chi connectivity index (χ1n) is 7.37. The van der Waals surface area contributed by atoms with E-state index in [1.54, 1.807) is 0 Å². The number of hydrogen-bond donors (Lipinski definition) is 1. The fraction of sp³-hybridized carbons (Fsp3) is 0.125. The predicted molar refractivity (Wildman–Crippen MR) is 89.0 cm³/mol. The lowest BCUT2D eigenvalue weighted by Gasteiger charge is -2.15. The summed E-state index contributed by atoms with van der Waals surface area (Å²) in [7, 11) is 0. The number of aromatic amines is 1. The molecule has 0 saturated heterocycles. The van der Waals surface area contributed by atoms with Gasteiger partial charge < -0.3 is 4.74 Å². The van der Waals surface area contributed by atoms with Gasteiger partial charge in [0.05, 0.1) is 18.0 Å². The van der Waals surface area contributed by atoms with E-state index in [4.69, 9.17) is 16.3 Å². The van der Waals surface area contributed by atoms with Gasteiger partial charge in [-0.25, -0.2) is 19.3 Å². The molecule has 1 aromatic carbocycles. The van der Waals surface area contributed by atoms with Crippen LogP contribution < -0.4 is 16.0 Å². The topological polar surface area (TPSA) is 89.9 Å². The molecule has 0 amide bonds. The molecule has 0 fully saturated rings. The number of hydrogen-bond acceptors (Lipinski definition) is 5. The quantitative estimate of drug-likeness (QED) is 0.729. The second kappa shape index (κ2) is 7.23. The maximum atomic E-state index is 13.1. The third-order valence-electron chi connectivity index (χ3n) is 3.46. The highest BCUT2D eigenvalue weighted by Gasteiger charge is 2.34. The molecule has 0 aliphatic rings. The Hall–Kier alpha value is -3.14. The number of benzene rings is 1. The molecule has 0 unspecified atom stereocenters. The number of H-pyrrole nitrogens is 1. The predicted octanol–water partition coefficient (Wildman–Crippen LogP) is 2.57. The van der Waals surface area contributed by atoms with Crippen molar-refractivity contribution in [2.75, 3.05) is 0 Å². The van der Waals surface area contributed by atoms with Crippen LogP contribution in [0.1, 0.15) is 11.1 Å². The van der Waals surface area contributed by atoms with Crippen LogP contribution in [-0.4, -0.2) is 19.5 Å². The third kappa shape index (κ3) is 4.17. The minimum Gasteiger partial charge on any atom is -0.486 e. The molecule has 3 aromatic rings. The summed E-state index contributed by atoms with van der Waals surface area (Å²) in [5, 5.41) is -0.0813. The summed E-state index contributed by atoms with van der Waals surface area (Å²) in [5.41, 5.74) is -2.42. The summed E-state index contributed by atoms with van der Waals surface area (Å²) in [6.45, 7) is -0.449. The molecule has 3 rings (SSSR count). The molecule has 2 aromatic heterocycles. The van der Waals surface area contributed by atoms with E-state index in [-0.39, 0.29) is 22.3 Å². The molecule has 0 atom stereocenters. The average molecular weight is 399 g/mol. The summed E-state index contributed by atoms with van der Waals surface area (Å²) in [6.07, 6.45) is -1.01. The second-order valence-electron chi connectivity index (χ2n) is 5.25. The van der Waals surface area contributed by atoms with Gasteiger partial charge in [0.1, 0.15) is 6.61 Å². The first kappa shape index (κ1) is 18.6. The van der Waals surface area contributed by atoms with Crippen LogP contribution in [0.5, 0.6) is 5.75 Å². The van der Waals surface area contributed by atoms with Crippen molar-refractivity contribution in [2.24, 2.45) is 0 Å². The van der Waals surface area contributed by atoms with Crippen LogP contribution in [0.4, 0.5) is 13.2 Å². The number of nitrogens with zero attached hydrogens (tertiary/aromatic N) is 3. The van der Waals surface area contributed by atoms with Crippen molar-refractivity contribution in [3.05, 3.63) is 79.8 Å². The Morgan fingerprint density at radius 1 is 1.15 bits per heavy atom. The molecular weight excluding hydrogens is 389 g/mol. The van der Waals surface area contributed by atoms with Gasteiger partial charge in [0.15, 0.2) is 5.75 Å². The van der Waals surface area contributed by atoms with Crippen LogP contribution in [0, 0.1) is 0 Å². The highest BCUT2D eigenvalue weighted by molar-refractivity contribution is 6.31. The van der Waals surface area contributed by atoms with Gasteiger partial charge in [-0.05, 0) is 12.1 Å². The standard InChI is InChI=1S/C16H10ClF3N4O3/c17-12-3-1-2-11(16(18,19)20)10(12)8-27-9-6-21-14(22-7-9)24-5-4-13(25)23-15(24)26/h1-7H,8H2,(H,23,25,26). The molecule has 27 heavy (non-hydrogen) atoms. The van der Waals surface area contributed by atoms with E-state index in [1.165, 1.54) is 30.7 Å². The van der Waals surface area contributed by atoms with Gasteiger partial charge in [-0.15, -0.1) is 0 Å². The van der Waals surface area contributed by atoms with Crippen LogP contribution in [0.2, 0.25) is 5.02 Å². The third-order valence-corrected chi connectivity index (χ3v) is 3.82. The van der Waals surface area contributed by atoms with Gasteiger partial charge in [0.2, 0.25) is 5.95 Å². The van der Waals surface area contributed by atoms with E-state index in [9.17, 15) is 22.8 Å². The Morgan fingerprint density at radius 3 is 2.48 bits per heavy atom. The fourth-order valence-electron chi connectivity index (χ4n) is 2.21. The van der Waals surface area contributed by atoms with Crippen molar-refractivity contribution in [3.8, 4) is 11.7 Å². The second-order valence-corrected chi connectivity index (χ2v) is 5.66. The molecule has 0 aliphatic heterocycles. The monoisotopic (exact) mass is 398 g/mol. The lowest BCUT2D eigenvalue weighted by Crippen LogP contribution is -2.28. The molecule has 140 valence electrons. The summed E-state index contributed by atoms with van der Waals surface area (Å²) in [4.78, 5) is 32.6. The summed E-state index contributed by atoms with van der Waals surface area (Å²) < 4.78 is 45.5. The minimum atomic E-state index is -4.57. The van der Waals surface area contributed by atoms with E-state index in [0.29, 0.717) is 0 Å². The van der Waals surface area contributed by atoms with E-state index in [2.05, 4.69) is 9.97 Å². The number of aromatic nitrogens is 4. The molecule has 2 heterocycles. The number of nitrogens with one attached hydrogen (secondary N) is 1. The van der Waals surface area contributed by atoms with Crippen LogP contribution >= 0.6 is 11.6 Å². The lowest BCUT2D eigenvalue weighted by molar-refractivity contribution is -0.138. The molecule has 7 nitrogen and oxygen atoms in total. The van der Waals surface area contributed by atoms with Crippen molar-refractivity contribution in [1.29, 1.82) is 0 Å². The first-order chi connectivity index (χ1) is 12.8. The van der Waals surface area contributed by atoms with Gasteiger partial charge in [-0.2, -0.15) is 13.2 Å². The van der Waals surface area contributed by atoms with Crippen LogP contribution in [-0.2, 0) is 12.8 Å². The summed E-state index contributed by atoms with van der Waals surface area (Å²) >= 11 is 5.86. The summed E-state index contributed by atoms with van der Waals surface area (Å²) in [5.74, 6) is 0.0293. The zero-order valence-electron chi connectivity index (χ0n) is 13.3. The minimum absolute atomic E-state index is 0.0441. The SMILES string of the molecule is O=c1ccn(-c2ncc(OCc3c(Cl)cccc3C(F)(F)F)cn2)c(=O)[nH]1. The maximum Gasteiger partial charge on any atom is 0.416 e. The van der Waals surface area contributed by atoms with Crippen LogP contribution in [0.15, 0.2) is 52.4 Å². The molecule has 0 bridgehead atoms. The molecule has 0 radical (unpaired) electrons. The molecule has 0 aliphatic carbocycles. The lowest BCUT2D eigenvalue weighted by atomic mass is 10.1. The molecule has 1 N–H and O–H groups in total. The molecule has 11 heteroatoms. The Balaban J connectivity index is 1.81. The molecule has 0 spiro atoms. The normalized spacial score (nSPS) is 11.4. The Bertz CT molecular complexity index is 1080. The maximum absolute atomic E-state index is 13.1. The zero-order valence-corrected chi connectivity index (χ0v) is 14.1. The Morgan fingerprint density at radius 2 is 1.85 bits per heavy atom. The number of halogens is 4. The Kier molecular flexibility index (Phi) is 5.00. The average Bonchev–Trinajstić information content (AvgIpc) is 2.60. The van der Waals surface area contributed by atoms with Gasteiger partial charge in [-0.3, -0.25) is 9.78 Å². The van der Waals surface area contributed by atoms with Gasteiger partial charge >= 0.3 is 11.9 Å². The van der Waals surface area contributed by atoms with E-state index >= 15 is 0 Å². The van der Waals surface area contributed by atoms with Crippen molar-refractivity contribution in [2.45, 2.75) is 12.8 Å². The number of alkyl halides is 3. The van der Waals surface area contributed by atoms with Gasteiger partial charge in [0, 0.05) is 22.8 Å². The largest absolute Gasteiger partial charge is 0.486 e. The smallest absolute Gasteiger partial charge is 0.416 e. The van der Waals surface area contributed by atoms with Crippen molar-refractivity contribution < 1.29 is 17.9 Å². The number of ether oxygens (including phenoxy) is 1. The van der Waals surface area contributed by atoms with Gasteiger partial charge in [-0.1, -0.05) is 17.7 Å². The van der Waals surface area contributed by atoms with Crippen molar-refractivity contribution in [1.82, 2.24) is 19.5 Å². The fourth-order valence-corrected chi connectivity index (χ4v) is 2.44. The first-order valence-corrected chi connectivity index (χ1v) is 7.75. The summed E-state index contributed by atoms with van der Waals surface area (Å²) in [6, 6.07) is 4.56. The molecular formula is C16H10ClF3N4O3. The number of rotatable bonds is 4. The van der Waals surface area contributed by atoms with Crippen molar-refractivity contribution in [3.63, 3.8) is 0 Å². The van der Waals surface area contributed by atoms with E-state index in [0.717, 1.165) is 16.7 Å². The van der Waals surface area contributed by atoms with Crippen LogP contribution in [0.3, 0.4) is 0 Å². The zero-order chi connectivity index (χ0) is 19.6. The highest BCUT2D eigenvalue weighted by Crippen LogP contribution is 2.35. The van der Waals surface area contributed by atoms with E-state index < -0.39 is 29.6 Å².